The van der Waals surface area contributed by atoms with Gasteiger partial charge in [-0.15, -0.1) is 11.3 Å². The Balaban J connectivity index is 1.36. The molecule has 0 bridgehead atoms. The Morgan fingerprint density at radius 2 is 1.73 bits per heavy atom. The minimum absolute atomic E-state index is 0.0449. The van der Waals surface area contributed by atoms with Crippen LogP contribution in [0.4, 0.5) is 5.69 Å². The number of thiophene rings is 1. The molecule has 1 aliphatic heterocycles. The zero-order valence-electron chi connectivity index (χ0n) is 14.4. The third-order valence-corrected chi connectivity index (χ3v) is 5.76. The first kappa shape index (κ1) is 16.8. The molecular formula is C21H20N2O2S. The van der Waals surface area contributed by atoms with Gasteiger partial charge in [-0.25, -0.2) is 0 Å². The molecule has 3 aromatic rings. The van der Waals surface area contributed by atoms with Crippen molar-refractivity contribution in [1.82, 2.24) is 4.90 Å². The van der Waals surface area contributed by atoms with Gasteiger partial charge in [0.1, 0.15) is 0 Å². The van der Waals surface area contributed by atoms with Crippen LogP contribution >= 0.6 is 11.3 Å². The summed E-state index contributed by atoms with van der Waals surface area (Å²) in [6.07, 6.45) is 1.41. The number of carbonyl (C=O) groups is 2. The molecule has 26 heavy (non-hydrogen) atoms. The highest BCUT2D eigenvalue weighted by Crippen LogP contribution is 2.24. The molecule has 1 N–H and O–H groups in total. The summed E-state index contributed by atoms with van der Waals surface area (Å²) in [4.78, 5) is 27.6. The number of fused-ring (bicyclic) bond motifs is 1. The van der Waals surface area contributed by atoms with Crippen molar-refractivity contribution in [1.29, 1.82) is 0 Å². The molecule has 0 atom stereocenters. The molecule has 0 spiro atoms. The number of hydrogen-bond donors (Lipinski definition) is 1. The molecule has 4 rings (SSSR count). The lowest BCUT2D eigenvalue weighted by Crippen LogP contribution is -2.41. The van der Waals surface area contributed by atoms with E-state index in [4.69, 9.17) is 0 Å². The average molecular weight is 364 g/mol. The van der Waals surface area contributed by atoms with Gasteiger partial charge in [0, 0.05) is 24.7 Å². The quantitative estimate of drug-likeness (QED) is 0.749. The van der Waals surface area contributed by atoms with Gasteiger partial charge >= 0.3 is 0 Å². The summed E-state index contributed by atoms with van der Waals surface area (Å²) in [6.45, 7) is 1.26. The van der Waals surface area contributed by atoms with E-state index in [9.17, 15) is 9.59 Å². The number of benzene rings is 2. The number of amides is 2. The molecule has 0 aliphatic carbocycles. The summed E-state index contributed by atoms with van der Waals surface area (Å²) in [7, 11) is 0. The van der Waals surface area contributed by atoms with Gasteiger partial charge in [0.25, 0.3) is 5.91 Å². The first-order chi connectivity index (χ1) is 12.7. The van der Waals surface area contributed by atoms with Crippen molar-refractivity contribution >= 4 is 39.6 Å². The van der Waals surface area contributed by atoms with Crippen molar-refractivity contribution in [3.63, 3.8) is 0 Å². The molecule has 0 unspecified atom stereocenters. The van der Waals surface area contributed by atoms with Crippen LogP contribution in [0.15, 0.2) is 60.0 Å². The molecule has 4 nitrogen and oxygen atoms in total. The molecule has 0 saturated carbocycles. The topological polar surface area (TPSA) is 49.4 Å². The first-order valence-electron chi connectivity index (χ1n) is 8.83. The molecule has 2 amide bonds. The number of likely N-dealkylation sites (tertiary alicyclic amines) is 1. The first-order valence-corrected chi connectivity index (χ1v) is 9.71. The maximum Gasteiger partial charge on any atom is 0.263 e. The summed E-state index contributed by atoms with van der Waals surface area (Å²) < 4.78 is 0. The maximum absolute atomic E-state index is 12.6. The lowest BCUT2D eigenvalue weighted by atomic mass is 9.95. The third kappa shape index (κ3) is 3.48. The molecular weight excluding hydrogens is 344 g/mol. The van der Waals surface area contributed by atoms with Gasteiger partial charge in [0.15, 0.2) is 0 Å². The van der Waals surface area contributed by atoms with Crippen molar-refractivity contribution in [2.45, 2.75) is 12.8 Å². The third-order valence-electron chi connectivity index (χ3n) is 4.90. The van der Waals surface area contributed by atoms with Crippen molar-refractivity contribution in [2.24, 2.45) is 5.92 Å². The van der Waals surface area contributed by atoms with Gasteiger partial charge in [-0.1, -0.05) is 36.4 Å². The summed E-state index contributed by atoms with van der Waals surface area (Å²) >= 11 is 1.46. The van der Waals surface area contributed by atoms with Crippen LogP contribution in [-0.2, 0) is 4.79 Å². The normalized spacial score (nSPS) is 15.2. The largest absolute Gasteiger partial charge is 0.338 e. The van der Waals surface area contributed by atoms with Crippen LogP contribution in [0.3, 0.4) is 0 Å². The number of anilines is 1. The fourth-order valence-electron chi connectivity index (χ4n) is 3.41. The number of nitrogens with one attached hydrogen (secondary N) is 1. The standard InChI is InChI=1S/C21H20N2O2S/c24-20(22-18-8-7-15-4-1-2-5-17(15)14-18)16-9-11-23(12-10-16)21(25)19-6-3-13-26-19/h1-8,13-14,16H,9-12H2,(H,22,24). The highest BCUT2D eigenvalue weighted by Gasteiger charge is 2.28. The van der Waals surface area contributed by atoms with E-state index < -0.39 is 0 Å². The van der Waals surface area contributed by atoms with Crippen molar-refractivity contribution in [2.75, 3.05) is 18.4 Å². The molecule has 132 valence electrons. The smallest absolute Gasteiger partial charge is 0.263 e. The molecule has 5 heteroatoms. The highest BCUT2D eigenvalue weighted by molar-refractivity contribution is 7.12. The van der Waals surface area contributed by atoms with Gasteiger partial charge in [-0.3, -0.25) is 9.59 Å². The maximum atomic E-state index is 12.6. The van der Waals surface area contributed by atoms with Gasteiger partial charge in [0.05, 0.1) is 4.88 Å². The number of carbonyl (C=O) groups excluding carboxylic acids is 2. The summed E-state index contributed by atoms with van der Waals surface area (Å²) in [5.41, 5.74) is 0.825. The predicted molar refractivity (Wildman–Crippen MR) is 106 cm³/mol. The van der Waals surface area contributed by atoms with E-state index in [1.54, 1.807) is 0 Å². The van der Waals surface area contributed by atoms with Crippen molar-refractivity contribution in [3.05, 3.63) is 64.9 Å². The Kier molecular flexibility index (Phi) is 4.71. The molecule has 2 aromatic carbocycles. The predicted octanol–water partition coefficient (Wildman–Crippen LogP) is 4.39. The van der Waals surface area contributed by atoms with Gasteiger partial charge in [-0.05, 0) is 47.2 Å². The van der Waals surface area contributed by atoms with Gasteiger partial charge in [-0.2, -0.15) is 0 Å². The molecule has 0 radical (unpaired) electrons. The minimum atomic E-state index is -0.0474. The molecule has 1 aliphatic rings. The van der Waals surface area contributed by atoms with E-state index in [0.29, 0.717) is 25.9 Å². The van der Waals surface area contributed by atoms with Crippen molar-refractivity contribution in [3.8, 4) is 0 Å². The van der Waals surface area contributed by atoms with Crippen LogP contribution in [0.1, 0.15) is 22.5 Å². The van der Waals surface area contributed by atoms with Gasteiger partial charge in [0.2, 0.25) is 5.91 Å². The second-order valence-electron chi connectivity index (χ2n) is 6.59. The van der Waals surface area contributed by atoms with E-state index in [0.717, 1.165) is 21.3 Å². The van der Waals surface area contributed by atoms with Crippen molar-refractivity contribution < 1.29 is 9.59 Å². The molecule has 1 fully saturated rings. The van der Waals surface area contributed by atoms with E-state index in [-0.39, 0.29) is 17.7 Å². The molecule has 1 aromatic heterocycles. The van der Waals surface area contributed by atoms with Crippen LogP contribution < -0.4 is 5.32 Å². The Morgan fingerprint density at radius 3 is 2.46 bits per heavy atom. The second-order valence-corrected chi connectivity index (χ2v) is 7.54. The second kappa shape index (κ2) is 7.30. The van der Waals surface area contributed by atoms with Crippen LogP contribution in [-0.4, -0.2) is 29.8 Å². The molecule has 2 heterocycles. The SMILES string of the molecule is O=C(Nc1ccc2ccccc2c1)C1CCN(C(=O)c2cccs2)CC1. The van der Waals surface area contributed by atoms with Crippen LogP contribution in [0.5, 0.6) is 0 Å². The van der Waals surface area contributed by atoms with E-state index >= 15 is 0 Å². The Hall–Kier alpha value is -2.66. The zero-order chi connectivity index (χ0) is 17.9. The van der Waals surface area contributed by atoms with Crippen LogP contribution in [0, 0.1) is 5.92 Å². The summed E-state index contributed by atoms with van der Waals surface area (Å²) in [6, 6.07) is 17.8. The average Bonchev–Trinajstić information content (AvgIpc) is 3.22. The number of piperidine rings is 1. The van der Waals surface area contributed by atoms with Crippen LogP contribution in [0.2, 0.25) is 0 Å². The number of hydrogen-bond acceptors (Lipinski definition) is 3. The Bertz CT molecular complexity index is 928. The van der Waals surface area contributed by atoms with Gasteiger partial charge < -0.3 is 10.2 Å². The minimum Gasteiger partial charge on any atom is -0.338 e. The highest BCUT2D eigenvalue weighted by atomic mass is 32.1. The number of nitrogens with zero attached hydrogens (tertiary/aromatic N) is 1. The fourth-order valence-corrected chi connectivity index (χ4v) is 4.10. The Labute approximate surface area is 156 Å². The number of rotatable bonds is 3. The van der Waals surface area contributed by atoms with E-state index in [1.165, 1.54) is 11.3 Å². The lowest BCUT2D eigenvalue weighted by molar-refractivity contribution is -0.121. The van der Waals surface area contributed by atoms with E-state index in [1.807, 2.05) is 58.8 Å². The summed E-state index contributed by atoms with van der Waals surface area (Å²) in [5, 5.41) is 7.22. The monoisotopic (exact) mass is 364 g/mol. The zero-order valence-corrected chi connectivity index (χ0v) is 15.2. The lowest BCUT2D eigenvalue weighted by Gasteiger charge is -2.31. The Morgan fingerprint density at radius 1 is 0.962 bits per heavy atom. The molecule has 1 saturated heterocycles. The van der Waals surface area contributed by atoms with Crippen LogP contribution in [0.25, 0.3) is 10.8 Å². The van der Waals surface area contributed by atoms with E-state index in [2.05, 4.69) is 11.4 Å². The summed E-state index contributed by atoms with van der Waals surface area (Å²) in [5.74, 6) is 0.0748. The fraction of sp³-hybridized carbons (Fsp3) is 0.238.